The molecule has 1 aromatic carbocycles. The molecule has 1 amide bonds. The minimum absolute atomic E-state index is 0.0509. The Hall–Kier alpha value is -1.35. The van der Waals surface area contributed by atoms with Gasteiger partial charge >= 0.3 is 0 Å². The maximum Gasteiger partial charge on any atom is 0.266 e. The summed E-state index contributed by atoms with van der Waals surface area (Å²) >= 11 is 19.4. The molecule has 0 N–H and O–H groups in total. The molecule has 39 heavy (non-hydrogen) atoms. The molecule has 0 radical (unpaired) electrons. The van der Waals surface area contributed by atoms with Gasteiger partial charge in [0.2, 0.25) is 0 Å². The highest BCUT2D eigenvalue weighted by Crippen LogP contribution is 2.49. The first-order valence-electron chi connectivity index (χ1n) is 14.2. The molecule has 5 nitrogen and oxygen atoms in total. The van der Waals surface area contributed by atoms with Gasteiger partial charge in [-0.25, -0.2) is 4.42 Å². The quantitative estimate of drug-likeness (QED) is 0.128. The lowest BCUT2D eigenvalue weighted by Crippen LogP contribution is -2.42. The van der Waals surface area contributed by atoms with E-state index in [4.69, 9.17) is 40.0 Å². The molecule has 3 unspecified atom stereocenters. The number of hydrogen-bond acceptors (Lipinski definition) is 6. The van der Waals surface area contributed by atoms with Crippen molar-refractivity contribution in [3.63, 3.8) is 0 Å². The number of nitrogens with zero attached hydrogens (tertiary/aromatic N) is 3. The molecule has 2 bridgehead atoms. The summed E-state index contributed by atoms with van der Waals surface area (Å²) in [7, 11) is 0. The lowest BCUT2D eigenvalue weighted by atomic mass is 9.94. The van der Waals surface area contributed by atoms with E-state index >= 15 is 0 Å². The van der Waals surface area contributed by atoms with Crippen LogP contribution < -0.4 is 0 Å². The van der Waals surface area contributed by atoms with Crippen LogP contribution in [0.5, 0.6) is 0 Å². The summed E-state index contributed by atoms with van der Waals surface area (Å²) in [6, 6.07) is 10.1. The van der Waals surface area contributed by atoms with Crippen LogP contribution in [0, 0.1) is 11.8 Å². The molecule has 4 fully saturated rings. The van der Waals surface area contributed by atoms with E-state index in [0.717, 1.165) is 87.0 Å². The highest BCUT2D eigenvalue weighted by atomic mass is 35.5. The first kappa shape index (κ1) is 27.8. The topological polar surface area (TPSA) is 39.9 Å². The number of fused-ring (bicyclic) bond motifs is 2. The Morgan fingerprint density at radius 2 is 1.85 bits per heavy atom. The van der Waals surface area contributed by atoms with Crippen LogP contribution in [0.15, 0.2) is 39.7 Å². The zero-order valence-corrected chi connectivity index (χ0v) is 25.3. The summed E-state index contributed by atoms with van der Waals surface area (Å²) in [5.41, 5.74) is 2.12. The number of carbonyl (C=O) groups is 1. The van der Waals surface area contributed by atoms with E-state index in [9.17, 15) is 4.79 Å². The summed E-state index contributed by atoms with van der Waals surface area (Å²) in [4.78, 5) is 18.7. The lowest BCUT2D eigenvalue weighted by molar-refractivity contribution is -0.124. The van der Waals surface area contributed by atoms with Crippen LogP contribution >= 0.6 is 47.4 Å². The van der Waals surface area contributed by atoms with Crippen molar-refractivity contribution in [1.82, 2.24) is 14.2 Å². The summed E-state index contributed by atoms with van der Waals surface area (Å²) < 4.78 is 8.96. The fraction of sp³-hybridized carbons (Fsp3) is 0.533. The fourth-order valence-electron chi connectivity index (χ4n) is 6.70. The van der Waals surface area contributed by atoms with Crippen LogP contribution in [0.25, 0.3) is 17.4 Å². The second-order valence-corrected chi connectivity index (χ2v) is 14.0. The van der Waals surface area contributed by atoms with Crippen molar-refractivity contribution in [3.05, 3.63) is 51.6 Å². The van der Waals surface area contributed by atoms with E-state index in [1.807, 2.05) is 39.7 Å². The average Bonchev–Trinajstić information content (AvgIpc) is 3.70. The van der Waals surface area contributed by atoms with Gasteiger partial charge in [0, 0.05) is 48.9 Å². The fourth-order valence-corrected chi connectivity index (χ4v) is 8.32. The van der Waals surface area contributed by atoms with E-state index < -0.39 is 0 Å². The van der Waals surface area contributed by atoms with Gasteiger partial charge < -0.3 is 9.32 Å². The second kappa shape index (κ2) is 12.3. The summed E-state index contributed by atoms with van der Waals surface area (Å²) in [5, 5.41) is 0.697. The van der Waals surface area contributed by atoms with Gasteiger partial charge in [-0.05, 0) is 105 Å². The number of unbranched alkanes of at least 4 members (excludes halogenated alkanes) is 2. The van der Waals surface area contributed by atoms with Crippen molar-refractivity contribution < 1.29 is 9.21 Å². The van der Waals surface area contributed by atoms with Crippen molar-refractivity contribution in [2.75, 3.05) is 32.7 Å². The molecule has 3 heterocycles. The predicted octanol–water partition coefficient (Wildman–Crippen LogP) is 7.47. The molecular formula is C30H35Cl2N3O2S2. The second-order valence-electron chi connectivity index (χ2n) is 11.4. The van der Waals surface area contributed by atoms with E-state index in [2.05, 4.69) is 11.0 Å². The molecule has 6 rings (SSSR count). The minimum Gasteiger partial charge on any atom is -0.456 e. The Labute approximate surface area is 251 Å². The van der Waals surface area contributed by atoms with Crippen molar-refractivity contribution >= 4 is 63.7 Å². The van der Waals surface area contributed by atoms with Crippen molar-refractivity contribution in [2.24, 2.45) is 11.8 Å². The Balaban J connectivity index is 1.15. The van der Waals surface area contributed by atoms with Gasteiger partial charge in [0.05, 0.1) is 4.91 Å². The third kappa shape index (κ3) is 6.29. The first-order chi connectivity index (χ1) is 18.9. The number of hydrogen-bond donors (Lipinski definition) is 0. The largest absolute Gasteiger partial charge is 0.456 e. The molecule has 0 spiro atoms. The highest BCUT2D eigenvalue weighted by molar-refractivity contribution is 8.26. The lowest BCUT2D eigenvalue weighted by Gasteiger charge is -2.30. The van der Waals surface area contributed by atoms with Gasteiger partial charge in [0.1, 0.15) is 15.8 Å². The molecule has 2 aliphatic heterocycles. The normalized spacial score (nSPS) is 27.0. The maximum absolute atomic E-state index is 13.6. The van der Waals surface area contributed by atoms with E-state index in [-0.39, 0.29) is 11.9 Å². The third-order valence-corrected chi connectivity index (χ3v) is 10.7. The number of rotatable bonds is 9. The van der Waals surface area contributed by atoms with Crippen LogP contribution in [0.2, 0.25) is 5.02 Å². The molecule has 2 aliphatic carbocycles. The monoisotopic (exact) mass is 603 g/mol. The molecular weight excluding hydrogens is 569 g/mol. The van der Waals surface area contributed by atoms with Gasteiger partial charge in [-0.2, -0.15) is 0 Å². The molecule has 2 saturated heterocycles. The molecule has 2 aromatic rings. The maximum atomic E-state index is 13.6. The molecule has 2 saturated carbocycles. The zero-order valence-electron chi connectivity index (χ0n) is 22.1. The predicted molar refractivity (Wildman–Crippen MR) is 165 cm³/mol. The Morgan fingerprint density at radius 1 is 1.05 bits per heavy atom. The SMILES string of the molecule is O=C1/C(=C/c2oc(-c3ccc(Cl)cc3)cc2CCCCCN2CCN(Cl)CC2)SC(=S)N1C1CC2CCC1C2. The summed E-state index contributed by atoms with van der Waals surface area (Å²) in [6.45, 7) is 5.06. The van der Waals surface area contributed by atoms with Crippen LogP contribution in [0.1, 0.15) is 56.3 Å². The molecule has 208 valence electrons. The Morgan fingerprint density at radius 3 is 2.56 bits per heavy atom. The number of furan rings is 1. The smallest absolute Gasteiger partial charge is 0.266 e. The van der Waals surface area contributed by atoms with Gasteiger partial charge in [0.25, 0.3) is 5.91 Å². The average molecular weight is 605 g/mol. The number of aryl methyl sites for hydroxylation is 1. The van der Waals surface area contributed by atoms with Crippen LogP contribution in [0.4, 0.5) is 0 Å². The molecule has 9 heteroatoms. The van der Waals surface area contributed by atoms with Crippen LogP contribution in [0.3, 0.4) is 0 Å². The zero-order chi connectivity index (χ0) is 26.9. The summed E-state index contributed by atoms with van der Waals surface area (Å²) in [6.07, 6.45) is 11.1. The number of thiocarbonyl (C=S) groups is 1. The minimum atomic E-state index is 0.0509. The van der Waals surface area contributed by atoms with Gasteiger partial charge in [-0.1, -0.05) is 48.4 Å². The van der Waals surface area contributed by atoms with E-state index in [1.165, 1.54) is 37.4 Å². The third-order valence-electron chi connectivity index (χ3n) is 8.83. The van der Waals surface area contributed by atoms with E-state index in [0.29, 0.717) is 20.2 Å². The molecule has 1 aromatic heterocycles. The highest BCUT2D eigenvalue weighted by Gasteiger charge is 2.48. The number of piperazine rings is 1. The van der Waals surface area contributed by atoms with E-state index in [1.54, 1.807) is 0 Å². The number of amides is 1. The number of thioether (sulfide) groups is 1. The molecule has 3 atom stereocenters. The Bertz CT molecular complexity index is 1240. The number of carbonyl (C=O) groups excluding carboxylic acids is 1. The van der Waals surface area contributed by atoms with Crippen molar-refractivity contribution in [1.29, 1.82) is 0 Å². The molecule has 4 aliphatic rings. The van der Waals surface area contributed by atoms with Gasteiger partial charge in [0.15, 0.2) is 0 Å². The van der Waals surface area contributed by atoms with Crippen molar-refractivity contribution in [2.45, 2.75) is 57.4 Å². The standard InChI is InChI=1S/C30H35Cl2N3O2S2/c31-24-9-7-21(8-10-24)26-18-23(4-2-1-3-11-33-12-14-34(32)15-13-33)27(37-26)19-28-29(36)35(30(38)39-28)25-17-20-5-6-22(25)16-20/h7-10,18-20,22,25H,1-6,11-17H2/b28-19-. The van der Waals surface area contributed by atoms with Crippen LogP contribution in [-0.2, 0) is 11.2 Å². The van der Waals surface area contributed by atoms with Gasteiger partial charge in [-0.3, -0.25) is 9.69 Å². The van der Waals surface area contributed by atoms with Crippen molar-refractivity contribution in [3.8, 4) is 11.3 Å². The Kier molecular flexibility index (Phi) is 8.74. The van der Waals surface area contributed by atoms with Crippen LogP contribution in [-0.4, -0.2) is 63.2 Å². The first-order valence-corrected chi connectivity index (χ1v) is 16.2. The number of halogens is 2. The van der Waals surface area contributed by atoms with Gasteiger partial charge in [-0.15, -0.1) is 0 Å². The number of benzene rings is 1. The summed E-state index contributed by atoms with van der Waals surface area (Å²) in [5.74, 6) is 2.99.